The highest BCUT2D eigenvalue weighted by Gasteiger charge is 2.23. The van der Waals surface area contributed by atoms with Crippen LogP contribution in [0, 0.1) is 6.92 Å². The number of H-pyrrole nitrogens is 1. The van der Waals surface area contributed by atoms with Gasteiger partial charge in [0.05, 0.1) is 19.4 Å². The van der Waals surface area contributed by atoms with Crippen LogP contribution in [0.5, 0.6) is 0 Å². The Hall–Kier alpha value is -1.40. The third-order valence-electron chi connectivity index (χ3n) is 4.67. The van der Waals surface area contributed by atoms with Crippen LogP contribution in [0.1, 0.15) is 35.8 Å². The summed E-state index contributed by atoms with van der Waals surface area (Å²) in [6, 6.07) is 8.69. The fourth-order valence-electron chi connectivity index (χ4n) is 3.26. The second-order valence-corrected chi connectivity index (χ2v) is 6.74. The fourth-order valence-corrected chi connectivity index (χ4v) is 3.45. The number of aromatic amines is 1. The Morgan fingerprint density at radius 1 is 1.38 bits per heavy atom. The van der Waals surface area contributed by atoms with E-state index in [9.17, 15) is 0 Å². The molecule has 2 N–H and O–H groups in total. The number of rotatable bonds is 6. The van der Waals surface area contributed by atoms with Gasteiger partial charge in [-0.15, -0.1) is 0 Å². The van der Waals surface area contributed by atoms with E-state index in [0.29, 0.717) is 0 Å². The quantitative estimate of drug-likeness (QED) is 0.842. The van der Waals surface area contributed by atoms with Gasteiger partial charge in [-0.25, -0.2) is 0 Å². The lowest BCUT2D eigenvalue weighted by Gasteiger charge is -2.35. The summed E-state index contributed by atoms with van der Waals surface area (Å²) in [5, 5.41) is 11.6. The molecule has 5 nitrogen and oxygen atoms in total. The summed E-state index contributed by atoms with van der Waals surface area (Å²) in [5.41, 5.74) is 3.57. The average Bonchev–Trinajstić information content (AvgIpc) is 3.02. The number of ether oxygens (including phenoxy) is 1. The van der Waals surface area contributed by atoms with Gasteiger partial charge in [0.1, 0.15) is 0 Å². The van der Waals surface area contributed by atoms with Crippen molar-refractivity contribution in [3.63, 3.8) is 0 Å². The Balaban J connectivity index is 1.73. The molecule has 1 aromatic heterocycles. The van der Waals surface area contributed by atoms with E-state index in [0.717, 1.165) is 43.6 Å². The molecule has 0 amide bonds. The molecule has 1 aromatic carbocycles. The van der Waals surface area contributed by atoms with Crippen molar-refractivity contribution >= 4 is 11.6 Å². The summed E-state index contributed by atoms with van der Waals surface area (Å²) in [7, 11) is 0. The smallest absolute Gasteiger partial charge is 0.0594 e. The van der Waals surface area contributed by atoms with Crippen molar-refractivity contribution in [3.05, 3.63) is 52.3 Å². The number of aromatic nitrogens is 2. The number of aryl methyl sites for hydroxylation is 1. The average molecular weight is 349 g/mol. The molecule has 2 heterocycles. The van der Waals surface area contributed by atoms with Crippen LogP contribution in [0.3, 0.4) is 0 Å². The molecule has 1 aliphatic heterocycles. The van der Waals surface area contributed by atoms with Crippen molar-refractivity contribution in [1.29, 1.82) is 0 Å². The van der Waals surface area contributed by atoms with Crippen molar-refractivity contribution in [1.82, 2.24) is 20.4 Å². The van der Waals surface area contributed by atoms with Crippen LogP contribution in [0.4, 0.5) is 0 Å². The van der Waals surface area contributed by atoms with Crippen LogP contribution in [0.25, 0.3) is 0 Å². The first-order valence-electron chi connectivity index (χ1n) is 8.45. The third kappa shape index (κ3) is 4.16. The number of hydrogen-bond donors (Lipinski definition) is 2. The van der Waals surface area contributed by atoms with Gasteiger partial charge in [-0.3, -0.25) is 10.00 Å². The predicted molar refractivity (Wildman–Crippen MR) is 96.3 cm³/mol. The lowest BCUT2D eigenvalue weighted by molar-refractivity contribution is 0.0157. The molecule has 0 spiro atoms. The molecule has 1 saturated heterocycles. The van der Waals surface area contributed by atoms with E-state index in [1.165, 1.54) is 11.1 Å². The highest BCUT2D eigenvalue weighted by atomic mass is 35.5. The number of morpholine rings is 1. The fraction of sp³-hybridized carbons (Fsp3) is 0.500. The third-order valence-corrected chi connectivity index (χ3v) is 4.91. The number of nitrogens with zero attached hydrogens (tertiary/aromatic N) is 2. The van der Waals surface area contributed by atoms with E-state index in [1.807, 2.05) is 18.3 Å². The summed E-state index contributed by atoms with van der Waals surface area (Å²) in [4.78, 5) is 2.47. The second kappa shape index (κ2) is 8.12. The number of halogens is 1. The standard InChI is InChI=1S/C18H25ClN4O/c1-13(17-11-21-22-14(17)2)20-12-18(23-6-8-24-9-7-23)15-4-3-5-16(19)10-15/h3-5,10-11,13,18,20H,6-9,12H2,1-2H3,(H,21,22)/t13-,18-/m0/s1. The van der Waals surface area contributed by atoms with Gasteiger partial charge in [0.2, 0.25) is 0 Å². The molecule has 24 heavy (non-hydrogen) atoms. The lowest BCUT2D eigenvalue weighted by Crippen LogP contribution is -2.43. The first-order valence-corrected chi connectivity index (χ1v) is 8.83. The van der Waals surface area contributed by atoms with Gasteiger partial charge in [-0.2, -0.15) is 5.10 Å². The van der Waals surface area contributed by atoms with Crippen LogP contribution in [0.2, 0.25) is 5.02 Å². The van der Waals surface area contributed by atoms with E-state index in [4.69, 9.17) is 16.3 Å². The number of hydrogen-bond acceptors (Lipinski definition) is 4. The molecule has 0 aliphatic carbocycles. The number of nitrogens with one attached hydrogen (secondary N) is 2. The maximum absolute atomic E-state index is 6.22. The van der Waals surface area contributed by atoms with Crippen LogP contribution < -0.4 is 5.32 Å². The minimum absolute atomic E-state index is 0.242. The van der Waals surface area contributed by atoms with Gasteiger partial charge in [-0.05, 0) is 31.5 Å². The molecule has 130 valence electrons. The van der Waals surface area contributed by atoms with E-state index in [1.54, 1.807) is 0 Å². The summed E-state index contributed by atoms with van der Waals surface area (Å²) in [6.07, 6.45) is 1.90. The summed E-state index contributed by atoms with van der Waals surface area (Å²) in [5.74, 6) is 0. The van der Waals surface area contributed by atoms with Gasteiger partial charge < -0.3 is 10.1 Å². The Labute approximate surface area is 148 Å². The largest absolute Gasteiger partial charge is 0.379 e. The van der Waals surface area contributed by atoms with Gasteiger partial charge >= 0.3 is 0 Å². The maximum atomic E-state index is 6.22. The van der Waals surface area contributed by atoms with Gasteiger partial charge in [0, 0.05) is 48.0 Å². The van der Waals surface area contributed by atoms with E-state index >= 15 is 0 Å². The molecule has 2 aromatic rings. The molecule has 1 fully saturated rings. The molecular formula is C18H25ClN4O. The Morgan fingerprint density at radius 3 is 2.83 bits per heavy atom. The summed E-state index contributed by atoms with van der Waals surface area (Å²) < 4.78 is 5.51. The molecule has 0 radical (unpaired) electrons. The zero-order valence-electron chi connectivity index (χ0n) is 14.3. The predicted octanol–water partition coefficient (Wildman–Crippen LogP) is 3.10. The Morgan fingerprint density at radius 2 is 2.17 bits per heavy atom. The Kier molecular flexibility index (Phi) is 5.89. The van der Waals surface area contributed by atoms with Crippen LogP contribution in [-0.4, -0.2) is 47.9 Å². The van der Waals surface area contributed by atoms with Crippen molar-refractivity contribution in [2.24, 2.45) is 0 Å². The van der Waals surface area contributed by atoms with Crippen LogP contribution in [0.15, 0.2) is 30.5 Å². The molecule has 2 atom stereocenters. The highest BCUT2D eigenvalue weighted by molar-refractivity contribution is 6.30. The topological polar surface area (TPSA) is 53.2 Å². The van der Waals surface area contributed by atoms with Crippen LogP contribution >= 0.6 is 11.6 Å². The van der Waals surface area contributed by atoms with Gasteiger partial charge in [0.15, 0.2) is 0 Å². The molecule has 6 heteroatoms. The normalized spacial score (nSPS) is 18.5. The molecule has 0 saturated carbocycles. The molecule has 3 rings (SSSR count). The van der Waals surface area contributed by atoms with Crippen molar-refractivity contribution in [2.45, 2.75) is 25.9 Å². The molecule has 0 bridgehead atoms. The van der Waals surface area contributed by atoms with Gasteiger partial charge in [-0.1, -0.05) is 23.7 Å². The molecule has 0 unspecified atom stereocenters. The lowest BCUT2D eigenvalue weighted by atomic mass is 10.0. The number of benzene rings is 1. The van der Waals surface area contributed by atoms with Crippen molar-refractivity contribution in [2.75, 3.05) is 32.8 Å². The Bertz CT molecular complexity index is 654. The van der Waals surface area contributed by atoms with E-state index in [2.05, 4.69) is 46.4 Å². The monoisotopic (exact) mass is 348 g/mol. The first-order chi connectivity index (χ1) is 11.6. The van der Waals surface area contributed by atoms with Crippen molar-refractivity contribution in [3.8, 4) is 0 Å². The maximum Gasteiger partial charge on any atom is 0.0594 e. The molecule has 1 aliphatic rings. The zero-order valence-corrected chi connectivity index (χ0v) is 15.0. The van der Waals surface area contributed by atoms with Crippen molar-refractivity contribution < 1.29 is 4.74 Å². The molecular weight excluding hydrogens is 324 g/mol. The SMILES string of the molecule is Cc1[nH]ncc1[C@H](C)NC[C@@H](c1cccc(Cl)c1)N1CCOCC1. The van der Waals surface area contributed by atoms with E-state index < -0.39 is 0 Å². The highest BCUT2D eigenvalue weighted by Crippen LogP contribution is 2.25. The minimum atomic E-state index is 0.242. The second-order valence-electron chi connectivity index (χ2n) is 6.30. The van der Waals surface area contributed by atoms with Gasteiger partial charge in [0.25, 0.3) is 0 Å². The van der Waals surface area contributed by atoms with Crippen LogP contribution in [-0.2, 0) is 4.74 Å². The van der Waals surface area contributed by atoms with E-state index in [-0.39, 0.29) is 12.1 Å². The summed E-state index contributed by atoms with van der Waals surface area (Å²) in [6.45, 7) is 8.53. The minimum Gasteiger partial charge on any atom is -0.379 e. The zero-order chi connectivity index (χ0) is 16.9. The summed E-state index contributed by atoms with van der Waals surface area (Å²) >= 11 is 6.22. The first kappa shape index (κ1) is 17.4.